The van der Waals surface area contributed by atoms with Gasteiger partial charge < -0.3 is 57.1 Å². The number of nitrogens with one attached hydrogen (secondary N) is 2. The number of hydrogen-bond donors (Lipinski definition) is 5. The topological polar surface area (TPSA) is 230 Å². The molecule has 9 aromatic rings. The number of anilines is 3. The molecule has 0 unspecified atom stereocenters. The molecule has 0 bridgehead atoms. The highest BCUT2D eigenvalue weighted by Gasteiger charge is 2.39. The third-order valence-corrected chi connectivity index (χ3v) is 26.9. The zero-order valence-electron chi connectivity index (χ0n) is 67.3. The number of halogens is 1. The first-order valence-corrected chi connectivity index (χ1v) is 43.2. The summed E-state index contributed by atoms with van der Waals surface area (Å²) in [5.74, 6) is 0.251. The molecule has 8 N–H and O–H groups in total. The first-order valence-electron chi connectivity index (χ1n) is 40.6. The van der Waals surface area contributed by atoms with E-state index in [9.17, 15) is 28.8 Å². The van der Waals surface area contributed by atoms with Gasteiger partial charge in [-0.3, -0.25) is 14.4 Å². The van der Waals surface area contributed by atoms with Gasteiger partial charge in [0.25, 0.3) is 0 Å². The van der Waals surface area contributed by atoms with Crippen LogP contribution >= 0.6 is 46.4 Å². The standard InChI is InChI=1S/C36H46N4O4S.C31H38N4O2S.C26H30N2OS.ClH/c1-5-36(14-16-38(17-15-36)33(42)39-18-20-40(21-19-39)34(43)44-35(2,3)4)25-26-8-10-27(11-9-26)31(41)24-29-23-28(12-13-30(29)37)32-7-6-22-45-32;1-2-31(11-15-34(16-12-31)30(37)35-17-13-33-14-18-35)22-23-5-7-24(8-6-23)28(36)21-26-20-25(9-10-27(26)32)29-4-3-19-38-29;1-2-26(11-13-28-14-12-26)18-19-5-7-20(8-6-19)24(29)17-22-16-21(9-10-23(22)27)25-4-3-15-30-25;/h6-13,22-23H,5,14-21,24-25,37H2,1-4H3;3-10,19-20,33H,2,11-18,21-22,32H2,1H3;3-10,15-16,28H,2,11-14,17-18,27H2,1H3;1H. The van der Waals surface area contributed by atoms with E-state index in [-0.39, 0.29) is 65.2 Å². The molecule has 0 radical (unpaired) electrons. The second kappa shape index (κ2) is 39.5. The summed E-state index contributed by atoms with van der Waals surface area (Å²) >= 11 is 5.04. The maximum absolute atomic E-state index is 13.3. The average Bonchev–Trinajstić information content (AvgIpc) is 1.01. The minimum Gasteiger partial charge on any atom is -0.444 e. The number of ether oxygens (including phenoxy) is 1. The summed E-state index contributed by atoms with van der Waals surface area (Å²) in [6.45, 7) is 23.1. The van der Waals surface area contributed by atoms with Crippen LogP contribution in [0.3, 0.4) is 0 Å². The summed E-state index contributed by atoms with van der Waals surface area (Å²) in [4.78, 5) is 91.0. The number of nitrogen functional groups attached to an aromatic ring is 3. The van der Waals surface area contributed by atoms with Crippen LogP contribution in [0.25, 0.3) is 31.3 Å². The molecule has 0 aliphatic carbocycles. The summed E-state index contributed by atoms with van der Waals surface area (Å²) in [7, 11) is 0. The molecular formula is C93H115ClN10O7S3. The first-order chi connectivity index (χ1) is 54.5. The Kier molecular flexibility index (Phi) is 29.7. The molecule has 5 amide bonds. The molecule has 0 spiro atoms. The maximum atomic E-state index is 13.3. The number of likely N-dealkylation sites (tertiary alicyclic amines) is 2. The minimum atomic E-state index is -0.532. The van der Waals surface area contributed by atoms with Crippen molar-refractivity contribution in [2.75, 3.05) is 109 Å². The summed E-state index contributed by atoms with van der Waals surface area (Å²) in [6.07, 6.45) is 13.2. The summed E-state index contributed by atoms with van der Waals surface area (Å²) in [5.41, 5.74) is 32.7. The number of piperazine rings is 2. The minimum absolute atomic E-state index is 0. The molecule has 0 saturated carbocycles. The molecule has 14 rings (SSSR count). The molecule has 5 aliphatic heterocycles. The van der Waals surface area contributed by atoms with Crippen molar-refractivity contribution in [2.24, 2.45) is 16.2 Å². The molecule has 5 fully saturated rings. The summed E-state index contributed by atoms with van der Waals surface area (Å²) in [5, 5.41) is 12.9. The van der Waals surface area contributed by atoms with Gasteiger partial charge in [0.15, 0.2) is 17.3 Å². The molecule has 5 saturated heterocycles. The molecule has 5 aliphatic rings. The Hall–Kier alpha value is -9.15. The van der Waals surface area contributed by atoms with Crippen molar-refractivity contribution in [1.29, 1.82) is 0 Å². The second-order valence-electron chi connectivity index (χ2n) is 32.6. The number of benzene rings is 6. The maximum Gasteiger partial charge on any atom is 0.410 e. The summed E-state index contributed by atoms with van der Waals surface area (Å²) in [6, 6.07) is 54.9. The number of nitrogens with two attached hydrogens (primary N) is 3. The lowest BCUT2D eigenvalue weighted by Gasteiger charge is -2.44. The third-order valence-electron chi connectivity index (χ3n) is 24.2. The van der Waals surface area contributed by atoms with Crippen LogP contribution < -0.4 is 27.8 Å². The lowest BCUT2D eigenvalue weighted by molar-refractivity contribution is 0.0145. The van der Waals surface area contributed by atoms with Crippen LogP contribution in [0.4, 0.5) is 31.4 Å². The van der Waals surface area contributed by atoms with E-state index in [1.54, 1.807) is 38.9 Å². The summed E-state index contributed by atoms with van der Waals surface area (Å²) < 4.78 is 5.49. The quantitative estimate of drug-likeness (QED) is 0.0334. The van der Waals surface area contributed by atoms with Gasteiger partial charge in [-0.15, -0.1) is 46.4 Å². The molecule has 0 atom stereocenters. The van der Waals surface area contributed by atoms with E-state index in [1.807, 2.05) is 149 Å². The zero-order chi connectivity index (χ0) is 79.7. The fourth-order valence-corrected chi connectivity index (χ4v) is 18.7. The number of urea groups is 2. The first kappa shape index (κ1) is 85.7. The van der Waals surface area contributed by atoms with Crippen molar-refractivity contribution in [3.63, 3.8) is 0 Å². The van der Waals surface area contributed by atoms with E-state index < -0.39 is 5.60 Å². The Morgan fingerprint density at radius 3 is 0.991 bits per heavy atom. The SMILES string of the molecule is CCC1(Cc2ccc(C(=O)Cc3cc(-c4cccs4)ccc3N)cc2)CCN(C(=O)N2CCN(C(=O)OC(C)(C)C)CC2)CC1.CCC1(Cc2ccc(C(=O)Cc3cc(-c4cccs4)ccc3N)cc2)CCN(C(=O)N2CCNCC2)CC1.CCC1(Cc2ccc(C(=O)Cc3cc(-c4cccs4)ccc3N)cc2)CCNCC1.Cl. The Morgan fingerprint density at radius 2 is 0.684 bits per heavy atom. The molecule has 21 heteroatoms. The van der Waals surface area contributed by atoms with Crippen molar-refractivity contribution in [1.82, 2.24) is 35.1 Å². The number of ketones is 3. The fourth-order valence-electron chi connectivity index (χ4n) is 16.5. The highest BCUT2D eigenvalue weighted by Crippen LogP contribution is 2.42. The van der Waals surface area contributed by atoms with E-state index in [1.165, 1.54) is 45.7 Å². The normalized spacial score (nSPS) is 16.6. The third kappa shape index (κ3) is 22.5. The Labute approximate surface area is 692 Å². The van der Waals surface area contributed by atoms with Crippen LogP contribution in [-0.4, -0.2) is 157 Å². The van der Waals surface area contributed by atoms with Gasteiger partial charge in [0, 0.05) is 146 Å². The highest BCUT2D eigenvalue weighted by molar-refractivity contribution is 7.14. The van der Waals surface area contributed by atoms with E-state index in [0.29, 0.717) is 67.1 Å². The largest absolute Gasteiger partial charge is 0.444 e. The van der Waals surface area contributed by atoms with E-state index in [4.69, 9.17) is 21.9 Å². The van der Waals surface area contributed by atoms with Crippen molar-refractivity contribution in [3.8, 4) is 31.3 Å². The Balaban J connectivity index is 0.000000171. The number of amides is 5. The molecule has 604 valence electrons. The van der Waals surface area contributed by atoms with E-state index >= 15 is 0 Å². The average molecular weight is 1620 g/mol. The fraction of sp³-hybridized carbons (Fsp3) is 0.419. The lowest BCUT2D eigenvalue weighted by Crippen LogP contribution is -2.56. The molecule has 6 aromatic carbocycles. The van der Waals surface area contributed by atoms with Gasteiger partial charge in [-0.25, -0.2) is 14.4 Å². The van der Waals surface area contributed by atoms with Crippen molar-refractivity contribution in [2.45, 2.75) is 143 Å². The van der Waals surface area contributed by atoms with Crippen LogP contribution in [0.2, 0.25) is 0 Å². The second-order valence-corrected chi connectivity index (χ2v) is 35.5. The number of piperidine rings is 3. The van der Waals surface area contributed by atoms with Crippen molar-refractivity contribution >= 4 is 99.0 Å². The van der Waals surface area contributed by atoms with Crippen LogP contribution in [0.5, 0.6) is 0 Å². The number of thiophene rings is 3. The molecule has 114 heavy (non-hydrogen) atoms. The number of Topliss-reactive ketones (excluding diaryl/α,β-unsaturated/α-hetero) is 3. The van der Waals surface area contributed by atoms with Gasteiger partial charge in [-0.2, -0.15) is 0 Å². The highest BCUT2D eigenvalue weighted by atomic mass is 35.5. The molecule has 8 heterocycles. The van der Waals surface area contributed by atoms with Crippen molar-refractivity contribution in [3.05, 3.63) is 230 Å². The molecular weight excluding hydrogens is 1500 g/mol. The van der Waals surface area contributed by atoms with Crippen LogP contribution in [0.1, 0.15) is 164 Å². The molecule has 17 nitrogen and oxygen atoms in total. The number of hydrogen-bond acceptors (Lipinski definition) is 15. The van der Waals surface area contributed by atoms with Crippen LogP contribution in [0.15, 0.2) is 180 Å². The predicted octanol–water partition coefficient (Wildman–Crippen LogP) is 18.8. The van der Waals surface area contributed by atoms with Gasteiger partial charge in [0.2, 0.25) is 0 Å². The van der Waals surface area contributed by atoms with Crippen molar-refractivity contribution < 1.29 is 33.5 Å². The number of carbonyl (C=O) groups is 6. The monoisotopic (exact) mass is 1610 g/mol. The van der Waals surface area contributed by atoms with E-state index in [0.717, 1.165) is 173 Å². The van der Waals surface area contributed by atoms with Gasteiger partial charge in [0.1, 0.15) is 5.60 Å². The molecule has 3 aromatic heterocycles. The van der Waals surface area contributed by atoms with E-state index in [2.05, 4.69) is 103 Å². The number of carbonyl (C=O) groups excluding carboxylic acids is 6. The Bertz CT molecular complexity index is 4640. The van der Waals surface area contributed by atoms with Gasteiger partial charge in [0.05, 0.1) is 0 Å². The lowest BCUT2D eigenvalue weighted by atomic mass is 9.72. The van der Waals surface area contributed by atoms with Gasteiger partial charge in [-0.1, -0.05) is 149 Å². The Morgan fingerprint density at radius 1 is 0.386 bits per heavy atom. The van der Waals surface area contributed by atoms with Gasteiger partial charge in [-0.05, 0) is 229 Å². The zero-order valence-corrected chi connectivity index (χ0v) is 70.6. The van der Waals surface area contributed by atoms with Gasteiger partial charge >= 0.3 is 18.2 Å². The number of nitrogens with zero attached hydrogens (tertiary/aromatic N) is 5. The predicted molar refractivity (Wildman–Crippen MR) is 471 cm³/mol. The van der Waals surface area contributed by atoms with Crippen LogP contribution in [0, 0.1) is 16.2 Å². The number of rotatable bonds is 21. The van der Waals surface area contributed by atoms with Crippen LogP contribution in [-0.2, 0) is 43.3 Å². The smallest absolute Gasteiger partial charge is 0.410 e.